The molecule has 132 valence electrons. The van der Waals surface area contributed by atoms with Crippen LogP contribution in [0.4, 0.5) is 0 Å². The molecule has 2 rings (SSSR count). The van der Waals surface area contributed by atoms with Gasteiger partial charge in [-0.25, -0.2) is 9.67 Å². The topological polar surface area (TPSA) is 50.9 Å². The molecule has 4 nitrogen and oxygen atoms in total. The van der Waals surface area contributed by atoms with Crippen LogP contribution in [0.1, 0.15) is 65.5 Å². The van der Waals surface area contributed by atoms with Crippen molar-refractivity contribution in [3.05, 3.63) is 48.5 Å². The van der Waals surface area contributed by atoms with Crippen LogP contribution in [0.5, 0.6) is 0 Å². The quantitative estimate of drug-likeness (QED) is 0.820. The molecule has 0 saturated heterocycles. The van der Waals surface area contributed by atoms with Gasteiger partial charge in [0.05, 0.1) is 12.1 Å². The van der Waals surface area contributed by atoms with Crippen LogP contribution >= 0.6 is 0 Å². The van der Waals surface area contributed by atoms with Crippen molar-refractivity contribution < 1.29 is 5.11 Å². The number of hydrogen-bond acceptors (Lipinski definition) is 3. The first-order valence-electron chi connectivity index (χ1n) is 8.79. The number of rotatable bonds is 7. The van der Waals surface area contributed by atoms with E-state index in [1.807, 2.05) is 4.68 Å². The van der Waals surface area contributed by atoms with E-state index < -0.39 is 6.10 Å². The molecule has 2 atom stereocenters. The predicted molar refractivity (Wildman–Crippen MR) is 97.8 cm³/mol. The molecule has 4 heteroatoms. The molecule has 1 heterocycles. The summed E-state index contributed by atoms with van der Waals surface area (Å²) in [5.41, 5.74) is 1.30. The van der Waals surface area contributed by atoms with Crippen LogP contribution in [0, 0.1) is 5.41 Å². The second kappa shape index (κ2) is 7.47. The fraction of sp³-hybridized carbons (Fsp3) is 0.600. The average Bonchev–Trinajstić information content (AvgIpc) is 3.05. The summed E-state index contributed by atoms with van der Waals surface area (Å²) in [6, 6.07) is 10.6. The number of aromatic nitrogens is 3. The van der Waals surface area contributed by atoms with Gasteiger partial charge in [0.15, 0.2) is 0 Å². The lowest BCUT2D eigenvalue weighted by molar-refractivity contribution is 0.00807. The number of aliphatic hydroxyl groups excluding tert-OH is 1. The standard InChI is InChI=1S/C20H31N3O/c1-19(2,3)18(24)17(23-15-21-14-22-23)12-9-13-20(4,5)16-10-7-6-8-11-16/h6-8,10-11,14-15,17-18,24H,9,12-13H2,1-5H3. The third-order valence-electron chi connectivity index (χ3n) is 4.89. The fourth-order valence-corrected chi connectivity index (χ4v) is 3.19. The van der Waals surface area contributed by atoms with Crippen LogP contribution in [0.3, 0.4) is 0 Å². The summed E-state index contributed by atoms with van der Waals surface area (Å²) < 4.78 is 1.81. The summed E-state index contributed by atoms with van der Waals surface area (Å²) >= 11 is 0. The van der Waals surface area contributed by atoms with E-state index in [1.165, 1.54) is 11.9 Å². The van der Waals surface area contributed by atoms with Crippen molar-refractivity contribution in [2.75, 3.05) is 0 Å². The molecule has 0 bridgehead atoms. The van der Waals surface area contributed by atoms with Gasteiger partial charge in [-0.1, -0.05) is 71.4 Å². The highest BCUT2D eigenvalue weighted by molar-refractivity contribution is 5.23. The fourth-order valence-electron chi connectivity index (χ4n) is 3.19. The van der Waals surface area contributed by atoms with E-state index >= 15 is 0 Å². The molecule has 2 unspecified atom stereocenters. The smallest absolute Gasteiger partial charge is 0.137 e. The maximum Gasteiger partial charge on any atom is 0.137 e. The van der Waals surface area contributed by atoms with Crippen LogP contribution in [0.15, 0.2) is 43.0 Å². The third-order valence-corrected chi connectivity index (χ3v) is 4.89. The first-order chi connectivity index (χ1) is 11.2. The first kappa shape index (κ1) is 18.7. The molecule has 1 N–H and O–H groups in total. The minimum absolute atomic E-state index is 0.0425. The lowest BCUT2D eigenvalue weighted by Gasteiger charge is -2.34. The van der Waals surface area contributed by atoms with Crippen molar-refractivity contribution in [1.82, 2.24) is 14.8 Å². The van der Waals surface area contributed by atoms with Gasteiger partial charge in [0.25, 0.3) is 0 Å². The van der Waals surface area contributed by atoms with Gasteiger partial charge in [-0.05, 0) is 29.2 Å². The molecule has 0 saturated carbocycles. The maximum absolute atomic E-state index is 10.8. The van der Waals surface area contributed by atoms with Gasteiger partial charge in [-0.2, -0.15) is 5.10 Å². The van der Waals surface area contributed by atoms with Gasteiger partial charge < -0.3 is 5.11 Å². The Morgan fingerprint density at radius 1 is 1.08 bits per heavy atom. The Bertz CT molecular complexity index is 600. The highest BCUT2D eigenvalue weighted by atomic mass is 16.3. The Morgan fingerprint density at radius 2 is 1.75 bits per heavy atom. The molecule has 0 aliphatic heterocycles. The second-order valence-corrected chi connectivity index (χ2v) is 8.40. The van der Waals surface area contributed by atoms with Crippen molar-refractivity contribution in [2.24, 2.45) is 5.41 Å². The summed E-state index contributed by atoms with van der Waals surface area (Å²) in [7, 11) is 0. The zero-order chi connectivity index (χ0) is 17.8. The molecule has 0 aliphatic carbocycles. The molecule has 1 aromatic heterocycles. The summed E-state index contributed by atoms with van der Waals surface area (Å²) in [6.07, 6.45) is 5.77. The lowest BCUT2D eigenvalue weighted by atomic mass is 9.78. The van der Waals surface area contributed by atoms with E-state index in [0.717, 1.165) is 19.3 Å². The van der Waals surface area contributed by atoms with Gasteiger partial charge in [-0.3, -0.25) is 0 Å². The van der Waals surface area contributed by atoms with Crippen LogP contribution in [0.25, 0.3) is 0 Å². The SMILES string of the molecule is CC(C)(CCCC(C(O)C(C)(C)C)n1cncn1)c1ccccc1. The van der Waals surface area contributed by atoms with Crippen molar-refractivity contribution in [2.45, 2.75) is 71.4 Å². The van der Waals surface area contributed by atoms with Crippen molar-refractivity contribution >= 4 is 0 Å². The van der Waals surface area contributed by atoms with Crippen molar-refractivity contribution in [3.8, 4) is 0 Å². The van der Waals surface area contributed by atoms with Gasteiger partial charge in [0.2, 0.25) is 0 Å². The molecule has 0 radical (unpaired) electrons. The van der Waals surface area contributed by atoms with Crippen molar-refractivity contribution in [3.63, 3.8) is 0 Å². The van der Waals surface area contributed by atoms with E-state index in [0.29, 0.717) is 0 Å². The predicted octanol–water partition coefficient (Wildman–Crippen LogP) is 4.37. The molecule has 0 spiro atoms. The summed E-state index contributed by atoms with van der Waals surface area (Å²) in [4.78, 5) is 4.05. The van der Waals surface area contributed by atoms with Gasteiger partial charge in [0.1, 0.15) is 12.7 Å². The van der Waals surface area contributed by atoms with E-state index in [2.05, 4.69) is 75.0 Å². The molecular weight excluding hydrogens is 298 g/mol. The summed E-state index contributed by atoms with van der Waals surface area (Å²) in [5, 5.41) is 15.0. The molecule has 2 aromatic rings. The maximum atomic E-state index is 10.8. The number of benzene rings is 1. The van der Waals surface area contributed by atoms with Crippen molar-refractivity contribution in [1.29, 1.82) is 0 Å². The van der Waals surface area contributed by atoms with Crippen LogP contribution in [-0.4, -0.2) is 26.0 Å². The number of nitrogens with zero attached hydrogens (tertiary/aromatic N) is 3. The summed E-state index contributed by atoms with van der Waals surface area (Å²) in [6.45, 7) is 10.8. The largest absolute Gasteiger partial charge is 0.390 e. The molecule has 0 amide bonds. The van der Waals surface area contributed by atoms with E-state index in [1.54, 1.807) is 6.33 Å². The van der Waals surface area contributed by atoms with Crippen LogP contribution in [-0.2, 0) is 5.41 Å². The minimum Gasteiger partial charge on any atom is -0.390 e. The highest BCUT2D eigenvalue weighted by Crippen LogP contribution is 2.34. The second-order valence-electron chi connectivity index (χ2n) is 8.40. The molecular formula is C20H31N3O. The Kier molecular flexibility index (Phi) is 5.81. The van der Waals surface area contributed by atoms with Crippen LogP contribution < -0.4 is 0 Å². The highest BCUT2D eigenvalue weighted by Gasteiger charge is 2.32. The zero-order valence-electron chi connectivity index (χ0n) is 15.6. The normalized spacial score (nSPS) is 15.2. The van der Waals surface area contributed by atoms with E-state index in [-0.39, 0.29) is 16.9 Å². The Labute approximate surface area is 145 Å². The lowest BCUT2D eigenvalue weighted by Crippen LogP contribution is -2.36. The van der Waals surface area contributed by atoms with Gasteiger partial charge in [-0.15, -0.1) is 0 Å². The molecule has 1 aromatic carbocycles. The molecule has 0 fully saturated rings. The Balaban J connectivity index is 2.03. The third kappa shape index (κ3) is 4.67. The number of aliphatic hydroxyl groups is 1. The summed E-state index contributed by atoms with van der Waals surface area (Å²) in [5.74, 6) is 0. The molecule has 24 heavy (non-hydrogen) atoms. The molecule has 0 aliphatic rings. The van der Waals surface area contributed by atoms with Crippen LogP contribution in [0.2, 0.25) is 0 Å². The Morgan fingerprint density at radius 3 is 2.29 bits per heavy atom. The van der Waals surface area contributed by atoms with Gasteiger partial charge >= 0.3 is 0 Å². The number of hydrogen-bond donors (Lipinski definition) is 1. The monoisotopic (exact) mass is 329 g/mol. The Hall–Kier alpha value is -1.68. The van der Waals surface area contributed by atoms with E-state index in [9.17, 15) is 5.11 Å². The van der Waals surface area contributed by atoms with E-state index in [4.69, 9.17) is 0 Å². The zero-order valence-corrected chi connectivity index (χ0v) is 15.6. The van der Waals surface area contributed by atoms with Gasteiger partial charge in [0, 0.05) is 0 Å². The first-order valence-corrected chi connectivity index (χ1v) is 8.79. The minimum atomic E-state index is -0.459. The average molecular weight is 329 g/mol.